The Labute approximate surface area is 224 Å². The number of hydrogen-bond acceptors (Lipinski definition) is 6. The molecule has 192 valence electrons. The Kier molecular flexibility index (Phi) is 7.24. The minimum Gasteiger partial charge on any atom is -0.497 e. The summed E-state index contributed by atoms with van der Waals surface area (Å²) in [5.74, 6) is 1.16. The van der Waals surface area contributed by atoms with Gasteiger partial charge in [0.2, 0.25) is 0 Å². The van der Waals surface area contributed by atoms with Crippen molar-refractivity contribution in [2.45, 2.75) is 19.9 Å². The summed E-state index contributed by atoms with van der Waals surface area (Å²) in [6, 6.07) is 23.6. The number of rotatable bonds is 7. The van der Waals surface area contributed by atoms with Gasteiger partial charge in [0.15, 0.2) is 4.80 Å². The summed E-state index contributed by atoms with van der Waals surface area (Å²) < 4.78 is 13.0. The first-order chi connectivity index (χ1) is 18.5. The standard InChI is InChI=1S/C30H27N3O4S/c1-4-37-24-16-12-21(13-17-24)27-26(28(34)32-22-8-6-5-7-9-22)19(2)31-30-33(27)29(35)25(38-30)18-20-10-14-23(36-3)15-11-20/h5-18,27H,4H2,1-3H3,(H,32,34)/b25-18-/t27-/m0/s1. The lowest BCUT2D eigenvalue weighted by Crippen LogP contribution is -2.40. The van der Waals surface area contributed by atoms with Crippen molar-refractivity contribution >= 4 is 29.0 Å². The molecule has 0 radical (unpaired) electrons. The van der Waals surface area contributed by atoms with Gasteiger partial charge in [-0.25, -0.2) is 4.99 Å². The molecule has 2 heterocycles. The van der Waals surface area contributed by atoms with Crippen molar-refractivity contribution in [3.8, 4) is 11.5 Å². The summed E-state index contributed by atoms with van der Waals surface area (Å²) in [4.78, 5) is 32.7. The molecule has 3 aromatic carbocycles. The van der Waals surface area contributed by atoms with E-state index in [1.807, 2.05) is 98.8 Å². The van der Waals surface area contributed by atoms with Crippen LogP contribution in [0.1, 0.15) is 31.0 Å². The van der Waals surface area contributed by atoms with Crippen LogP contribution < -0.4 is 29.7 Å². The number of fused-ring (bicyclic) bond motifs is 1. The van der Waals surface area contributed by atoms with Crippen LogP contribution in [0, 0.1) is 0 Å². The van der Waals surface area contributed by atoms with Gasteiger partial charge < -0.3 is 14.8 Å². The number of nitrogens with one attached hydrogen (secondary N) is 1. The number of para-hydroxylation sites is 1. The fourth-order valence-electron chi connectivity index (χ4n) is 4.41. The van der Waals surface area contributed by atoms with Gasteiger partial charge in [0.1, 0.15) is 11.5 Å². The van der Waals surface area contributed by atoms with E-state index in [4.69, 9.17) is 14.5 Å². The van der Waals surface area contributed by atoms with E-state index in [1.54, 1.807) is 11.7 Å². The van der Waals surface area contributed by atoms with Gasteiger partial charge in [-0.15, -0.1) is 0 Å². The van der Waals surface area contributed by atoms with Crippen LogP contribution in [0.4, 0.5) is 5.69 Å². The van der Waals surface area contributed by atoms with Crippen LogP contribution in [0.3, 0.4) is 0 Å². The molecule has 0 saturated carbocycles. The Morgan fingerprint density at radius 2 is 1.71 bits per heavy atom. The Hall–Kier alpha value is -4.43. The lowest BCUT2D eigenvalue weighted by Gasteiger charge is -2.25. The van der Waals surface area contributed by atoms with Crippen molar-refractivity contribution in [2.75, 3.05) is 19.0 Å². The lowest BCUT2D eigenvalue weighted by molar-refractivity contribution is -0.113. The Balaban J connectivity index is 1.64. The summed E-state index contributed by atoms with van der Waals surface area (Å²) in [5, 5.41) is 2.97. The SMILES string of the molecule is CCOc1ccc([C@H]2C(C(=O)Nc3ccccc3)=C(C)N=c3s/c(=C\c4ccc(OC)cc4)c(=O)n32)cc1. The quantitative estimate of drug-likeness (QED) is 0.391. The summed E-state index contributed by atoms with van der Waals surface area (Å²) in [5.41, 5.74) is 3.10. The summed E-state index contributed by atoms with van der Waals surface area (Å²) >= 11 is 1.30. The number of carbonyl (C=O) groups is 1. The van der Waals surface area contributed by atoms with Crippen LogP contribution in [0.2, 0.25) is 0 Å². The third-order valence-electron chi connectivity index (χ3n) is 6.22. The summed E-state index contributed by atoms with van der Waals surface area (Å²) in [6.07, 6.45) is 1.83. The first-order valence-corrected chi connectivity index (χ1v) is 13.1. The van der Waals surface area contributed by atoms with E-state index >= 15 is 0 Å². The van der Waals surface area contributed by atoms with Crippen LogP contribution in [-0.2, 0) is 4.79 Å². The largest absolute Gasteiger partial charge is 0.497 e. The van der Waals surface area contributed by atoms with Gasteiger partial charge in [0.25, 0.3) is 11.5 Å². The molecule has 0 fully saturated rings. The summed E-state index contributed by atoms with van der Waals surface area (Å²) in [6.45, 7) is 4.28. The van der Waals surface area contributed by atoms with E-state index < -0.39 is 6.04 Å². The average Bonchev–Trinajstić information content (AvgIpc) is 3.23. The van der Waals surface area contributed by atoms with Crippen LogP contribution in [0.5, 0.6) is 11.5 Å². The fourth-order valence-corrected chi connectivity index (χ4v) is 5.46. The molecule has 1 amide bonds. The van der Waals surface area contributed by atoms with Gasteiger partial charge in [-0.05, 0) is 67.4 Å². The van der Waals surface area contributed by atoms with Crippen LogP contribution in [0.15, 0.2) is 99.9 Å². The molecule has 1 N–H and O–H groups in total. The van der Waals surface area contributed by atoms with Crippen LogP contribution >= 0.6 is 11.3 Å². The molecule has 0 saturated heterocycles. The number of benzene rings is 3. The molecule has 0 aliphatic carbocycles. The number of amides is 1. The zero-order valence-corrected chi connectivity index (χ0v) is 22.1. The van der Waals surface area contributed by atoms with E-state index in [2.05, 4.69) is 5.32 Å². The van der Waals surface area contributed by atoms with E-state index in [0.29, 0.717) is 32.9 Å². The van der Waals surface area contributed by atoms with E-state index in [-0.39, 0.29) is 11.5 Å². The van der Waals surface area contributed by atoms with Crippen LogP contribution in [0.25, 0.3) is 6.08 Å². The highest BCUT2D eigenvalue weighted by atomic mass is 32.1. The molecule has 1 aliphatic heterocycles. The van der Waals surface area contributed by atoms with Gasteiger partial charge in [0.05, 0.1) is 35.6 Å². The number of anilines is 1. The molecule has 4 aromatic rings. The first-order valence-electron chi connectivity index (χ1n) is 12.2. The van der Waals surface area contributed by atoms with Crippen molar-refractivity contribution in [1.29, 1.82) is 0 Å². The Morgan fingerprint density at radius 1 is 1.03 bits per heavy atom. The molecule has 0 unspecified atom stereocenters. The van der Waals surface area contributed by atoms with Crippen molar-refractivity contribution < 1.29 is 14.3 Å². The van der Waals surface area contributed by atoms with E-state index in [0.717, 1.165) is 22.6 Å². The van der Waals surface area contributed by atoms with Gasteiger partial charge in [-0.2, -0.15) is 0 Å². The lowest BCUT2D eigenvalue weighted by atomic mass is 9.95. The highest BCUT2D eigenvalue weighted by molar-refractivity contribution is 7.07. The van der Waals surface area contributed by atoms with Crippen molar-refractivity contribution in [3.05, 3.63) is 121 Å². The fraction of sp³-hybridized carbons (Fsp3) is 0.167. The van der Waals surface area contributed by atoms with E-state index in [1.165, 1.54) is 11.3 Å². The minimum absolute atomic E-state index is 0.207. The van der Waals surface area contributed by atoms with Crippen molar-refractivity contribution in [2.24, 2.45) is 4.99 Å². The Bertz CT molecular complexity index is 1670. The van der Waals surface area contributed by atoms with E-state index in [9.17, 15) is 9.59 Å². The number of thiazole rings is 1. The van der Waals surface area contributed by atoms with Gasteiger partial charge in [-0.3, -0.25) is 14.2 Å². The second-order valence-corrected chi connectivity index (χ2v) is 9.69. The monoisotopic (exact) mass is 525 g/mol. The molecular weight excluding hydrogens is 498 g/mol. The molecule has 7 nitrogen and oxygen atoms in total. The minimum atomic E-state index is -0.649. The normalized spacial score (nSPS) is 15.0. The highest BCUT2D eigenvalue weighted by Crippen LogP contribution is 2.31. The topological polar surface area (TPSA) is 81.9 Å². The van der Waals surface area contributed by atoms with Crippen LogP contribution in [-0.4, -0.2) is 24.2 Å². The second-order valence-electron chi connectivity index (χ2n) is 8.68. The maximum absolute atomic E-state index is 13.8. The average molecular weight is 526 g/mol. The zero-order chi connectivity index (χ0) is 26.6. The molecule has 1 aliphatic rings. The third-order valence-corrected chi connectivity index (χ3v) is 7.20. The molecule has 0 spiro atoms. The highest BCUT2D eigenvalue weighted by Gasteiger charge is 2.32. The number of hydrogen-bond donors (Lipinski definition) is 1. The van der Waals surface area contributed by atoms with Crippen molar-refractivity contribution in [3.63, 3.8) is 0 Å². The number of carbonyl (C=O) groups excluding carboxylic acids is 1. The maximum Gasteiger partial charge on any atom is 0.271 e. The van der Waals surface area contributed by atoms with Gasteiger partial charge in [-0.1, -0.05) is 53.8 Å². The molecule has 8 heteroatoms. The molecule has 0 bridgehead atoms. The first kappa shape index (κ1) is 25.2. The second kappa shape index (κ2) is 10.9. The number of nitrogens with zero attached hydrogens (tertiary/aromatic N) is 2. The number of allylic oxidation sites excluding steroid dienone is 1. The zero-order valence-electron chi connectivity index (χ0n) is 21.3. The smallest absolute Gasteiger partial charge is 0.271 e. The summed E-state index contributed by atoms with van der Waals surface area (Å²) in [7, 11) is 1.61. The van der Waals surface area contributed by atoms with Gasteiger partial charge >= 0.3 is 0 Å². The predicted molar refractivity (Wildman–Crippen MR) is 149 cm³/mol. The molecular formula is C30H27N3O4S. The predicted octanol–water partition coefficient (Wildman–Crippen LogP) is 4.28. The number of ether oxygens (including phenoxy) is 2. The number of methoxy groups -OCH3 is 1. The Morgan fingerprint density at radius 3 is 2.37 bits per heavy atom. The third kappa shape index (κ3) is 5.03. The molecule has 38 heavy (non-hydrogen) atoms. The molecule has 1 atom stereocenters. The van der Waals surface area contributed by atoms with Gasteiger partial charge in [0, 0.05) is 5.69 Å². The number of aromatic nitrogens is 1. The molecule has 1 aromatic heterocycles. The maximum atomic E-state index is 13.8. The molecule has 5 rings (SSSR count). The van der Waals surface area contributed by atoms with Crippen molar-refractivity contribution in [1.82, 2.24) is 4.57 Å².